The Balaban J connectivity index is 1.45. The molecule has 0 saturated carbocycles. The molecule has 31 heavy (non-hydrogen) atoms. The van der Waals surface area contributed by atoms with Crippen molar-refractivity contribution in [3.63, 3.8) is 0 Å². The average Bonchev–Trinajstić information content (AvgIpc) is 2.79. The molecule has 0 bridgehead atoms. The van der Waals surface area contributed by atoms with Gasteiger partial charge in [-0.05, 0) is 43.0 Å². The Kier molecular flexibility index (Phi) is 9.18. The van der Waals surface area contributed by atoms with Crippen LogP contribution >= 0.6 is 0 Å². The third-order valence-corrected chi connectivity index (χ3v) is 5.72. The number of likely N-dealkylation sites (tertiary alicyclic amines) is 1. The van der Waals surface area contributed by atoms with Crippen LogP contribution in [-0.4, -0.2) is 56.9 Å². The number of nitrogens with one attached hydrogen (secondary N) is 2. The monoisotopic (exact) mass is 424 g/mol. The van der Waals surface area contributed by atoms with E-state index in [1.54, 1.807) is 7.11 Å². The zero-order valence-electron chi connectivity index (χ0n) is 19.0. The number of aliphatic imine (C=N–C) groups is 1. The molecular weight excluding hydrogens is 388 g/mol. The minimum absolute atomic E-state index is 0.428. The van der Waals surface area contributed by atoms with Crippen molar-refractivity contribution in [3.8, 4) is 5.75 Å². The first-order valence-corrected chi connectivity index (χ1v) is 11.1. The molecule has 2 aromatic rings. The number of rotatable bonds is 9. The summed E-state index contributed by atoms with van der Waals surface area (Å²) in [6.07, 6.45) is 2.22. The van der Waals surface area contributed by atoms with Crippen LogP contribution in [-0.2, 0) is 17.8 Å². The normalized spacial score (nSPS) is 19.8. The fraction of sp³-hybridized carbons (Fsp3) is 0.480. The van der Waals surface area contributed by atoms with Crippen LogP contribution in [0.3, 0.4) is 0 Å². The summed E-state index contributed by atoms with van der Waals surface area (Å²) in [6.45, 7) is 6.26. The summed E-state index contributed by atoms with van der Waals surface area (Å²) in [5, 5.41) is 7.05. The fourth-order valence-corrected chi connectivity index (χ4v) is 3.97. The van der Waals surface area contributed by atoms with E-state index in [9.17, 15) is 0 Å². The van der Waals surface area contributed by atoms with Gasteiger partial charge in [-0.3, -0.25) is 9.89 Å². The SMILES string of the molecule is CN=C(NCc1cccc(OCCOC)c1)NC1CCN(Cc2ccccc2)C(C)C1. The largest absolute Gasteiger partial charge is 0.491 e. The van der Waals surface area contributed by atoms with E-state index in [-0.39, 0.29) is 0 Å². The molecule has 2 aromatic carbocycles. The first kappa shape index (κ1) is 23.1. The first-order chi connectivity index (χ1) is 15.2. The third kappa shape index (κ3) is 7.56. The first-order valence-electron chi connectivity index (χ1n) is 11.1. The van der Waals surface area contributed by atoms with Gasteiger partial charge in [0.15, 0.2) is 5.96 Å². The van der Waals surface area contributed by atoms with Gasteiger partial charge in [0, 0.05) is 45.9 Å². The maximum Gasteiger partial charge on any atom is 0.191 e. The Morgan fingerprint density at radius 3 is 2.65 bits per heavy atom. The minimum atomic E-state index is 0.428. The number of benzene rings is 2. The zero-order valence-corrected chi connectivity index (χ0v) is 19.0. The highest BCUT2D eigenvalue weighted by atomic mass is 16.5. The molecule has 0 aromatic heterocycles. The molecule has 0 spiro atoms. The molecule has 0 radical (unpaired) electrons. The van der Waals surface area contributed by atoms with Gasteiger partial charge in [0.25, 0.3) is 0 Å². The van der Waals surface area contributed by atoms with E-state index in [4.69, 9.17) is 9.47 Å². The highest BCUT2D eigenvalue weighted by Gasteiger charge is 2.25. The average molecular weight is 425 g/mol. The molecule has 1 aliphatic heterocycles. The van der Waals surface area contributed by atoms with Crippen LogP contribution in [0.15, 0.2) is 59.6 Å². The molecule has 2 unspecified atom stereocenters. The molecule has 6 heteroatoms. The summed E-state index contributed by atoms with van der Waals surface area (Å²) >= 11 is 0. The highest BCUT2D eigenvalue weighted by molar-refractivity contribution is 5.80. The molecular formula is C25H36N4O2. The van der Waals surface area contributed by atoms with Gasteiger partial charge in [0.1, 0.15) is 12.4 Å². The van der Waals surface area contributed by atoms with Gasteiger partial charge >= 0.3 is 0 Å². The summed E-state index contributed by atoms with van der Waals surface area (Å²) in [6, 6.07) is 19.8. The van der Waals surface area contributed by atoms with Gasteiger partial charge in [-0.25, -0.2) is 0 Å². The van der Waals surface area contributed by atoms with Gasteiger partial charge in [0.2, 0.25) is 0 Å². The van der Waals surface area contributed by atoms with E-state index in [0.29, 0.717) is 31.8 Å². The predicted octanol–water partition coefficient (Wildman–Crippen LogP) is 3.43. The molecule has 2 N–H and O–H groups in total. The van der Waals surface area contributed by atoms with Crippen molar-refractivity contribution in [3.05, 3.63) is 65.7 Å². The lowest BCUT2D eigenvalue weighted by Gasteiger charge is -2.38. The van der Waals surface area contributed by atoms with Crippen LogP contribution in [0.2, 0.25) is 0 Å². The molecule has 3 rings (SSSR count). The van der Waals surface area contributed by atoms with Crippen LogP contribution in [0.25, 0.3) is 0 Å². The molecule has 1 heterocycles. The van der Waals surface area contributed by atoms with Crippen LogP contribution in [0.4, 0.5) is 0 Å². The Labute approximate surface area is 186 Å². The molecule has 1 saturated heterocycles. The summed E-state index contributed by atoms with van der Waals surface area (Å²) in [4.78, 5) is 6.99. The maximum absolute atomic E-state index is 5.70. The molecule has 0 aliphatic carbocycles. The van der Waals surface area contributed by atoms with E-state index in [0.717, 1.165) is 43.2 Å². The molecule has 2 atom stereocenters. The molecule has 6 nitrogen and oxygen atoms in total. The van der Waals surface area contributed by atoms with Crippen LogP contribution < -0.4 is 15.4 Å². The fourth-order valence-electron chi connectivity index (χ4n) is 3.97. The number of hydrogen-bond donors (Lipinski definition) is 2. The third-order valence-electron chi connectivity index (χ3n) is 5.72. The van der Waals surface area contributed by atoms with E-state index in [1.165, 1.54) is 5.56 Å². The highest BCUT2D eigenvalue weighted by Crippen LogP contribution is 2.20. The predicted molar refractivity (Wildman–Crippen MR) is 126 cm³/mol. The number of piperidine rings is 1. The maximum atomic E-state index is 5.70. The van der Waals surface area contributed by atoms with E-state index in [2.05, 4.69) is 69.9 Å². The number of nitrogens with zero attached hydrogens (tertiary/aromatic N) is 2. The van der Waals surface area contributed by atoms with Crippen LogP contribution in [0.1, 0.15) is 30.9 Å². The Morgan fingerprint density at radius 2 is 1.90 bits per heavy atom. The molecule has 1 fully saturated rings. The van der Waals surface area contributed by atoms with E-state index in [1.807, 2.05) is 19.2 Å². The molecule has 0 amide bonds. The zero-order chi connectivity index (χ0) is 21.9. The van der Waals surface area contributed by atoms with Crippen molar-refractivity contribution in [2.75, 3.05) is 33.9 Å². The van der Waals surface area contributed by atoms with Gasteiger partial charge in [-0.15, -0.1) is 0 Å². The number of guanidine groups is 1. The lowest BCUT2D eigenvalue weighted by Crippen LogP contribution is -2.51. The summed E-state index contributed by atoms with van der Waals surface area (Å²) in [5.41, 5.74) is 2.54. The molecule has 1 aliphatic rings. The smallest absolute Gasteiger partial charge is 0.191 e. The second-order valence-electron chi connectivity index (χ2n) is 8.09. The van der Waals surface area contributed by atoms with Gasteiger partial charge in [-0.2, -0.15) is 0 Å². The van der Waals surface area contributed by atoms with Crippen LogP contribution in [0.5, 0.6) is 5.75 Å². The number of methoxy groups -OCH3 is 1. The lowest BCUT2D eigenvalue weighted by atomic mass is 9.97. The van der Waals surface area contributed by atoms with Crippen molar-refractivity contribution in [1.29, 1.82) is 0 Å². The standard InChI is InChI=1S/C25H36N4O2/c1-20-16-23(12-13-29(20)19-21-8-5-4-6-9-21)28-25(26-2)27-18-22-10-7-11-24(17-22)31-15-14-30-3/h4-11,17,20,23H,12-16,18-19H2,1-3H3,(H2,26,27,28). The molecule has 168 valence electrons. The topological polar surface area (TPSA) is 58.1 Å². The van der Waals surface area contributed by atoms with Crippen molar-refractivity contribution in [2.45, 2.75) is 44.9 Å². The van der Waals surface area contributed by atoms with E-state index >= 15 is 0 Å². The number of ether oxygens (including phenoxy) is 2. The van der Waals surface area contributed by atoms with Crippen molar-refractivity contribution in [2.24, 2.45) is 4.99 Å². The lowest BCUT2D eigenvalue weighted by molar-refractivity contribution is 0.134. The quantitative estimate of drug-likeness (QED) is 0.367. The summed E-state index contributed by atoms with van der Waals surface area (Å²) < 4.78 is 10.7. The number of hydrogen-bond acceptors (Lipinski definition) is 4. The summed E-state index contributed by atoms with van der Waals surface area (Å²) in [5.74, 6) is 1.71. The van der Waals surface area contributed by atoms with Crippen LogP contribution in [0, 0.1) is 0 Å². The van der Waals surface area contributed by atoms with E-state index < -0.39 is 0 Å². The van der Waals surface area contributed by atoms with Crippen molar-refractivity contribution < 1.29 is 9.47 Å². The Bertz CT molecular complexity index is 812. The Hall–Kier alpha value is -2.57. The van der Waals surface area contributed by atoms with Gasteiger partial charge in [-0.1, -0.05) is 42.5 Å². The second-order valence-corrected chi connectivity index (χ2v) is 8.09. The summed E-state index contributed by atoms with van der Waals surface area (Å²) in [7, 11) is 3.50. The van der Waals surface area contributed by atoms with Gasteiger partial charge < -0.3 is 20.1 Å². The Morgan fingerprint density at radius 1 is 1.10 bits per heavy atom. The minimum Gasteiger partial charge on any atom is -0.491 e. The van der Waals surface area contributed by atoms with Gasteiger partial charge in [0.05, 0.1) is 6.61 Å². The van der Waals surface area contributed by atoms with Crippen molar-refractivity contribution >= 4 is 5.96 Å². The van der Waals surface area contributed by atoms with Crippen molar-refractivity contribution in [1.82, 2.24) is 15.5 Å². The second kappa shape index (κ2) is 12.3.